The van der Waals surface area contributed by atoms with Gasteiger partial charge >= 0.3 is 0 Å². The van der Waals surface area contributed by atoms with E-state index >= 15 is 0 Å². The van der Waals surface area contributed by atoms with Crippen LogP contribution >= 0.6 is 0 Å². The molecule has 72 valence electrons. The van der Waals surface area contributed by atoms with E-state index in [1.165, 1.54) is 12.3 Å². The molecule has 0 atom stereocenters. The van der Waals surface area contributed by atoms with E-state index < -0.39 is 4.92 Å². The molecule has 0 aliphatic heterocycles. The Morgan fingerprint density at radius 2 is 2.43 bits per heavy atom. The molecular formula is C10H10N2O2. The molecule has 0 N–H and O–H groups in total. The number of nitro groups is 1. The Balaban J connectivity index is 3.30. The molecular weight excluding hydrogens is 180 g/mol. The first-order valence-electron chi connectivity index (χ1n) is 4.08. The van der Waals surface area contributed by atoms with Crippen molar-refractivity contribution in [2.45, 2.75) is 6.92 Å². The summed E-state index contributed by atoms with van der Waals surface area (Å²) >= 11 is 0. The van der Waals surface area contributed by atoms with E-state index in [1.54, 1.807) is 25.3 Å². The van der Waals surface area contributed by atoms with Crippen LogP contribution in [0.2, 0.25) is 0 Å². The second kappa shape index (κ2) is 4.32. The summed E-state index contributed by atoms with van der Waals surface area (Å²) in [6, 6.07) is 1.61. The van der Waals surface area contributed by atoms with Gasteiger partial charge in [0, 0.05) is 18.0 Å². The van der Waals surface area contributed by atoms with Crippen molar-refractivity contribution in [1.29, 1.82) is 0 Å². The molecule has 0 unspecified atom stereocenters. The second-order valence-corrected chi connectivity index (χ2v) is 2.60. The molecule has 14 heavy (non-hydrogen) atoms. The van der Waals surface area contributed by atoms with Gasteiger partial charge in [-0.3, -0.25) is 15.1 Å². The van der Waals surface area contributed by atoms with Crippen molar-refractivity contribution in [2.24, 2.45) is 0 Å². The first kappa shape index (κ1) is 10.1. The fourth-order valence-corrected chi connectivity index (χ4v) is 1.16. The predicted octanol–water partition coefficient (Wildman–Crippen LogP) is 2.36. The normalized spacial score (nSPS) is 11.1. The summed E-state index contributed by atoms with van der Waals surface area (Å²) in [5, 5.41) is 10.7. The first-order valence-corrected chi connectivity index (χ1v) is 4.08. The Hall–Kier alpha value is -1.97. The lowest BCUT2D eigenvalue weighted by molar-refractivity contribution is -0.375. The Morgan fingerprint density at radius 3 is 2.93 bits per heavy atom. The molecule has 0 saturated carbocycles. The third-order valence-corrected chi connectivity index (χ3v) is 1.82. The van der Waals surface area contributed by atoms with E-state index in [0.29, 0.717) is 11.1 Å². The lowest BCUT2D eigenvalue weighted by atomic mass is 10.1. The largest absolute Gasteiger partial charge is 0.273 e. The van der Waals surface area contributed by atoms with Gasteiger partial charge in [-0.2, -0.15) is 0 Å². The van der Waals surface area contributed by atoms with E-state index in [2.05, 4.69) is 11.6 Å². The molecule has 0 aliphatic carbocycles. The van der Waals surface area contributed by atoms with Crippen molar-refractivity contribution in [3.8, 4) is 0 Å². The first-order chi connectivity index (χ1) is 6.70. The molecule has 1 aromatic heterocycles. The monoisotopic (exact) mass is 190 g/mol. The summed E-state index contributed by atoms with van der Waals surface area (Å²) < 4.78 is 0. The van der Waals surface area contributed by atoms with Crippen LogP contribution in [0.25, 0.3) is 11.8 Å². The number of aromatic nitrogens is 1. The summed E-state index contributed by atoms with van der Waals surface area (Å²) in [5.74, 6) is 0. The van der Waals surface area contributed by atoms with Gasteiger partial charge < -0.3 is 0 Å². The lowest BCUT2D eigenvalue weighted by Gasteiger charge is -2.01. The Bertz CT molecular complexity index is 397. The maximum Gasteiger partial charge on any atom is 0.273 e. The molecule has 0 fully saturated rings. The Kier molecular flexibility index (Phi) is 3.12. The molecule has 0 aliphatic rings. The average molecular weight is 190 g/mol. The predicted molar refractivity (Wildman–Crippen MR) is 55.0 cm³/mol. The zero-order valence-corrected chi connectivity index (χ0v) is 7.80. The number of allylic oxidation sites excluding steroid dienone is 1. The van der Waals surface area contributed by atoms with Crippen LogP contribution in [-0.2, 0) is 0 Å². The molecule has 0 saturated heterocycles. The molecule has 1 heterocycles. The minimum absolute atomic E-state index is 0.0716. The molecule has 0 spiro atoms. The second-order valence-electron chi connectivity index (χ2n) is 2.60. The summed E-state index contributed by atoms with van der Waals surface area (Å²) in [6.07, 6.45) is 6.09. The molecule has 4 heteroatoms. The van der Waals surface area contributed by atoms with Gasteiger partial charge in [0.15, 0.2) is 0 Å². The highest BCUT2D eigenvalue weighted by Gasteiger charge is 2.14. The summed E-state index contributed by atoms with van der Waals surface area (Å²) in [4.78, 5) is 14.1. The van der Waals surface area contributed by atoms with Gasteiger partial charge in [-0.1, -0.05) is 12.7 Å². The molecule has 1 rings (SSSR count). The highest BCUT2D eigenvalue weighted by molar-refractivity contribution is 5.68. The fraction of sp³-hybridized carbons (Fsp3) is 0.100. The standard InChI is InChI=1S/C10H10N2O2/c1-3-8-7-11-6-5-9(8)10(4-2)12(13)14/h3-7H,1H2,2H3/b10-4-. The van der Waals surface area contributed by atoms with Crippen molar-refractivity contribution < 1.29 is 4.92 Å². The minimum Gasteiger partial charge on any atom is -0.264 e. The number of hydrogen-bond donors (Lipinski definition) is 0. The van der Waals surface area contributed by atoms with Crippen molar-refractivity contribution in [1.82, 2.24) is 4.98 Å². The quantitative estimate of drug-likeness (QED) is 0.543. The summed E-state index contributed by atoms with van der Waals surface area (Å²) in [6.45, 7) is 5.21. The summed E-state index contributed by atoms with van der Waals surface area (Å²) in [5.41, 5.74) is 1.28. The number of pyridine rings is 1. The number of hydrogen-bond acceptors (Lipinski definition) is 3. The van der Waals surface area contributed by atoms with Crippen molar-refractivity contribution in [3.63, 3.8) is 0 Å². The van der Waals surface area contributed by atoms with Crippen LogP contribution in [0.3, 0.4) is 0 Å². The zero-order valence-electron chi connectivity index (χ0n) is 7.80. The lowest BCUT2D eigenvalue weighted by Crippen LogP contribution is -1.99. The maximum atomic E-state index is 10.7. The van der Waals surface area contributed by atoms with Gasteiger partial charge in [-0.15, -0.1) is 0 Å². The third-order valence-electron chi connectivity index (χ3n) is 1.82. The minimum atomic E-state index is -0.414. The van der Waals surface area contributed by atoms with Crippen LogP contribution in [0.5, 0.6) is 0 Å². The van der Waals surface area contributed by atoms with Gasteiger partial charge in [-0.05, 0) is 19.1 Å². The molecule has 0 bridgehead atoms. The van der Waals surface area contributed by atoms with Crippen LogP contribution in [0, 0.1) is 10.1 Å². The van der Waals surface area contributed by atoms with Gasteiger partial charge in [0.05, 0.1) is 10.5 Å². The number of nitrogens with zero attached hydrogens (tertiary/aromatic N) is 2. The smallest absolute Gasteiger partial charge is 0.264 e. The zero-order chi connectivity index (χ0) is 10.6. The van der Waals surface area contributed by atoms with Gasteiger partial charge in [0.2, 0.25) is 0 Å². The maximum absolute atomic E-state index is 10.7. The van der Waals surface area contributed by atoms with Crippen molar-refractivity contribution in [2.75, 3.05) is 0 Å². The SMILES string of the molecule is C=Cc1cnccc1/C(=C/C)[N+](=O)[O-]. The third kappa shape index (κ3) is 1.85. The van der Waals surface area contributed by atoms with Crippen molar-refractivity contribution >= 4 is 11.8 Å². The Morgan fingerprint density at radius 1 is 1.71 bits per heavy atom. The van der Waals surface area contributed by atoms with E-state index in [4.69, 9.17) is 0 Å². The van der Waals surface area contributed by atoms with E-state index in [0.717, 1.165) is 0 Å². The van der Waals surface area contributed by atoms with E-state index in [9.17, 15) is 10.1 Å². The highest BCUT2D eigenvalue weighted by Crippen LogP contribution is 2.19. The van der Waals surface area contributed by atoms with Crippen LogP contribution in [-0.4, -0.2) is 9.91 Å². The molecule has 0 amide bonds. The number of rotatable bonds is 3. The van der Waals surface area contributed by atoms with Crippen LogP contribution in [0.4, 0.5) is 0 Å². The van der Waals surface area contributed by atoms with Crippen LogP contribution in [0.15, 0.2) is 31.1 Å². The van der Waals surface area contributed by atoms with Gasteiger partial charge in [-0.25, -0.2) is 0 Å². The molecule has 0 radical (unpaired) electrons. The van der Waals surface area contributed by atoms with Gasteiger partial charge in [0.1, 0.15) is 0 Å². The molecule has 1 aromatic rings. The van der Waals surface area contributed by atoms with Crippen LogP contribution in [0.1, 0.15) is 18.1 Å². The van der Waals surface area contributed by atoms with E-state index in [1.807, 2.05) is 0 Å². The fourth-order valence-electron chi connectivity index (χ4n) is 1.16. The average Bonchev–Trinajstić information content (AvgIpc) is 2.19. The summed E-state index contributed by atoms with van der Waals surface area (Å²) in [7, 11) is 0. The van der Waals surface area contributed by atoms with E-state index in [-0.39, 0.29) is 5.70 Å². The Labute approximate surface area is 81.7 Å². The topological polar surface area (TPSA) is 56.0 Å². The highest BCUT2D eigenvalue weighted by atomic mass is 16.6. The molecule has 4 nitrogen and oxygen atoms in total. The molecule has 0 aromatic carbocycles. The van der Waals surface area contributed by atoms with Crippen LogP contribution < -0.4 is 0 Å². The van der Waals surface area contributed by atoms with Crippen molar-refractivity contribution in [3.05, 3.63) is 52.4 Å². The van der Waals surface area contributed by atoms with Gasteiger partial charge in [0.25, 0.3) is 5.70 Å².